The van der Waals surface area contributed by atoms with Crippen molar-refractivity contribution in [1.82, 2.24) is 19.7 Å². The van der Waals surface area contributed by atoms with Gasteiger partial charge in [-0.3, -0.25) is 14.6 Å². The number of ether oxygens (including phenoxy) is 1. The molecule has 0 amide bonds. The summed E-state index contributed by atoms with van der Waals surface area (Å²) in [6, 6.07) is 8.33. The molecule has 9 heteroatoms. The maximum atomic E-state index is 12.7. The molecule has 0 saturated carbocycles. The van der Waals surface area contributed by atoms with Gasteiger partial charge in [0.2, 0.25) is 0 Å². The number of rotatable bonds is 5. The second-order valence-electron chi connectivity index (χ2n) is 6.70. The van der Waals surface area contributed by atoms with Crippen LogP contribution in [0.2, 0.25) is 0 Å². The number of fused-ring (bicyclic) bond motifs is 1. The van der Waals surface area contributed by atoms with Gasteiger partial charge in [0.1, 0.15) is 12.4 Å². The molecule has 1 unspecified atom stereocenters. The van der Waals surface area contributed by atoms with E-state index in [1.54, 1.807) is 35.1 Å². The van der Waals surface area contributed by atoms with Crippen molar-refractivity contribution in [3.63, 3.8) is 0 Å². The summed E-state index contributed by atoms with van der Waals surface area (Å²) in [6.07, 6.45) is 6.90. The van der Waals surface area contributed by atoms with Gasteiger partial charge in [0.05, 0.1) is 18.1 Å². The Morgan fingerprint density at radius 2 is 2.21 bits per heavy atom. The monoisotopic (exact) mass is 399 g/mol. The topological polar surface area (TPSA) is 95.3 Å². The molecule has 8 nitrogen and oxygen atoms in total. The van der Waals surface area contributed by atoms with E-state index in [4.69, 9.17) is 4.74 Å². The van der Waals surface area contributed by atoms with Gasteiger partial charge in [0, 0.05) is 56.3 Å². The van der Waals surface area contributed by atoms with Crippen LogP contribution in [0.1, 0.15) is 11.1 Å². The fraction of sp³-hybridized carbons (Fsp3) is 0.263. The number of sulfonamides is 1. The van der Waals surface area contributed by atoms with Crippen molar-refractivity contribution >= 4 is 16.1 Å². The third-order valence-electron chi connectivity index (χ3n) is 4.49. The predicted molar refractivity (Wildman–Crippen MR) is 104 cm³/mol. The predicted octanol–water partition coefficient (Wildman–Crippen LogP) is 2.23. The largest absolute Gasteiger partial charge is 0.588 e. The number of pyridine rings is 1. The number of aromatic nitrogens is 3. The Morgan fingerprint density at radius 3 is 2.96 bits per heavy atom. The van der Waals surface area contributed by atoms with E-state index in [0.29, 0.717) is 24.6 Å². The summed E-state index contributed by atoms with van der Waals surface area (Å²) in [7, 11) is -1.82. The SMILES string of the molecule is Cn1cc(CN2CCOc3cc([S+](=O)([O-])Nc4cccnc4)ccc3C2)cn1. The lowest BCUT2D eigenvalue weighted by atomic mass is 10.2. The average molecular weight is 399 g/mol. The lowest BCUT2D eigenvalue weighted by Gasteiger charge is -2.19. The van der Waals surface area contributed by atoms with Gasteiger partial charge in [-0.2, -0.15) is 5.10 Å². The molecule has 3 aromatic rings. The molecule has 0 radical (unpaired) electrons. The molecule has 28 heavy (non-hydrogen) atoms. The minimum Gasteiger partial charge on any atom is -0.588 e. The van der Waals surface area contributed by atoms with Crippen molar-refractivity contribution in [3.05, 3.63) is 66.2 Å². The van der Waals surface area contributed by atoms with Crippen LogP contribution in [0, 0.1) is 0 Å². The molecule has 1 N–H and O–H groups in total. The fourth-order valence-electron chi connectivity index (χ4n) is 3.16. The lowest BCUT2D eigenvalue weighted by molar-refractivity contribution is 0.219. The summed E-state index contributed by atoms with van der Waals surface area (Å²) >= 11 is 0. The number of benzene rings is 1. The zero-order valence-corrected chi connectivity index (χ0v) is 16.3. The lowest BCUT2D eigenvalue weighted by Crippen LogP contribution is -2.25. The minimum atomic E-state index is -3.71. The Bertz CT molecular complexity index is 1010. The van der Waals surface area contributed by atoms with Crippen LogP contribution in [0.25, 0.3) is 0 Å². The summed E-state index contributed by atoms with van der Waals surface area (Å²) < 4.78 is 35.5. The highest BCUT2D eigenvalue weighted by Gasteiger charge is 2.24. The van der Waals surface area contributed by atoms with E-state index >= 15 is 0 Å². The van der Waals surface area contributed by atoms with Crippen molar-refractivity contribution in [2.24, 2.45) is 7.05 Å². The van der Waals surface area contributed by atoms with E-state index in [0.717, 1.165) is 24.2 Å². The Labute approximate surface area is 164 Å². The highest BCUT2D eigenvalue weighted by molar-refractivity contribution is 7.98. The van der Waals surface area contributed by atoms with E-state index < -0.39 is 10.4 Å². The summed E-state index contributed by atoms with van der Waals surface area (Å²) in [5, 5.41) is 4.20. The third-order valence-corrected chi connectivity index (χ3v) is 5.87. The van der Waals surface area contributed by atoms with Crippen LogP contribution in [-0.2, 0) is 34.7 Å². The van der Waals surface area contributed by atoms with Crippen LogP contribution in [0.4, 0.5) is 5.69 Å². The Kier molecular flexibility index (Phi) is 5.12. The quantitative estimate of drug-likeness (QED) is 0.661. The van der Waals surface area contributed by atoms with Gasteiger partial charge in [-0.05, 0) is 24.3 Å². The highest BCUT2D eigenvalue weighted by atomic mass is 32.3. The molecule has 0 saturated heterocycles. The van der Waals surface area contributed by atoms with Crippen LogP contribution in [0.3, 0.4) is 0 Å². The first-order valence-electron chi connectivity index (χ1n) is 8.88. The highest BCUT2D eigenvalue weighted by Crippen LogP contribution is 2.29. The molecular formula is C19H21N5O3S. The molecular weight excluding hydrogens is 378 g/mol. The number of hydrogen-bond donors (Lipinski definition) is 1. The summed E-state index contributed by atoms with van der Waals surface area (Å²) in [4.78, 5) is 6.34. The standard InChI is InChI=1S/C19H21N5O3S/c1-23-12-15(10-21-23)13-24-7-8-27-19-9-18(5-4-16(19)14-24)28(25,26)22-17-3-2-6-20-11-17/h2-6,9-12H,7-8,13-14H2,1H3,(H-,22,25,26). The van der Waals surface area contributed by atoms with Crippen molar-refractivity contribution in [1.29, 1.82) is 0 Å². The van der Waals surface area contributed by atoms with Gasteiger partial charge in [-0.1, -0.05) is 4.21 Å². The molecule has 1 aromatic carbocycles. The molecule has 0 spiro atoms. The smallest absolute Gasteiger partial charge is 0.184 e. The second kappa shape index (κ2) is 7.70. The molecule has 2 aromatic heterocycles. The maximum Gasteiger partial charge on any atom is 0.184 e. The minimum absolute atomic E-state index is 0.163. The van der Waals surface area contributed by atoms with Gasteiger partial charge in [-0.15, -0.1) is 0 Å². The van der Waals surface area contributed by atoms with Crippen molar-refractivity contribution in [3.8, 4) is 5.75 Å². The molecule has 1 atom stereocenters. The van der Waals surface area contributed by atoms with Gasteiger partial charge >= 0.3 is 0 Å². The van der Waals surface area contributed by atoms with Crippen LogP contribution in [-0.4, -0.2) is 37.4 Å². The number of anilines is 1. The first-order valence-corrected chi connectivity index (χ1v) is 10.4. The van der Waals surface area contributed by atoms with E-state index in [1.807, 2.05) is 25.5 Å². The molecule has 146 valence electrons. The average Bonchev–Trinajstić information content (AvgIpc) is 2.96. The van der Waals surface area contributed by atoms with Gasteiger partial charge in [0.15, 0.2) is 15.3 Å². The first kappa shape index (κ1) is 18.6. The Morgan fingerprint density at radius 1 is 1.32 bits per heavy atom. The Balaban J connectivity index is 1.52. The van der Waals surface area contributed by atoms with Gasteiger partial charge < -0.3 is 9.29 Å². The van der Waals surface area contributed by atoms with Gasteiger partial charge in [0.25, 0.3) is 0 Å². The first-order chi connectivity index (χ1) is 13.5. The summed E-state index contributed by atoms with van der Waals surface area (Å²) in [5.74, 6) is 0.600. The van der Waals surface area contributed by atoms with Crippen molar-refractivity contribution in [2.75, 3.05) is 17.9 Å². The summed E-state index contributed by atoms with van der Waals surface area (Å²) in [6.45, 7) is 2.69. The van der Waals surface area contributed by atoms with E-state index in [1.165, 1.54) is 6.20 Å². The Hall–Kier alpha value is -2.75. The van der Waals surface area contributed by atoms with Crippen molar-refractivity contribution < 1.29 is 13.5 Å². The number of nitrogens with one attached hydrogen (secondary N) is 1. The zero-order valence-electron chi connectivity index (χ0n) is 15.4. The van der Waals surface area contributed by atoms with Gasteiger partial charge in [-0.25, -0.2) is 4.72 Å². The fourth-order valence-corrected chi connectivity index (χ4v) is 4.21. The second-order valence-corrected chi connectivity index (χ2v) is 8.38. The molecule has 0 fully saturated rings. The van der Waals surface area contributed by atoms with Crippen LogP contribution < -0.4 is 9.46 Å². The van der Waals surface area contributed by atoms with Crippen LogP contribution in [0.5, 0.6) is 5.75 Å². The number of hydrogen-bond acceptors (Lipinski definition) is 6. The van der Waals surface area contributed by atoms with Crippen LogP contribution >= 0.6 is 0 Å². The summed E-state index contributed by atoms with van der Waals surface area (Å²) in [5.41, 5.74) is 2.51. The van der Waals surface area contributed by atoms with E-state index in [2.05, 4.69) is 19.7 Å². The molecule has 1 aliphatic heterocycles. The number of nitrogens with zero attached hydrogens (tertiary/aromatic N) is 4. The molecule has 4 rings (SSSR count). The molecule has 1 aliphatic rings. The molecule has 3 heterocycles. The molecule has 0 bridgehead atoms. The maximum absolute atomic E-state index is 12.7. The third kappa shape index (κ3) is 4.22. The normalized spacial score (nSPS) is 16.5. The van der Waals surface area contributed by atoms with Crippen LogP contribution in [0.15, 0.2) is 60.0 Å². The number of aryl methyl sites for hydroxylation is 1. The van der Waals surface area contributed by atoms with E-state index in [9.17, 15) is 8.76 Å². The van der Waals surface area contributed by atoms with Crippen molar-refractivity contribution in [2.45, 2.75) is 18.0 Å². The van der Waals surface area contributed by atoms with E-state index in [-0.39, 0.29) is 4.90 Å². The molecule has 0 aliphatic carbocycles. The zero-order chi connectivity index (χ0) is 19.6.